The Kier molecular flexibility index (Phi) is 6.96. The van der Waals surface area contributed by atoms with Gasteiger partial charge in [0.2, 0.25) is 5.82 Å². The molecule has 3 aromatic rings. The molecule has 3 rings (SSSR count). The van der Waals surface area contributed by atoms with Crippen molar-refractivity contribution in [2.75, 3.05) is 0 Å². The summed E-state index contributed by atoms with van der Waals surface area (Å²) in [6.45, 7) is 1.89. The van der Waals surface area contributed by atoms with Gasteiger partial charge in [-0.1, -0.05) is 37.6 Å². The molecule has 0 aliphatic carbocycles. The molecule has 0 bridgehead atoms. The Hall–Kier alpha value is -3.23. The number of alkyl halides is 2. The van der Waals surface area contributed by atoms with Crippen LogP contribution in [0.1, 0.15) is 30.0 Å². The normalized spacial score (nSPS) is 11.5. The number of aryl methyl sites for hydroxylation is 1. The molecule has 0 amide bonds. The van der Waals surface area contributed by atoms with E-state index in [2.05, 4.69) is 4.74 Å². The summed E-state index contributed by atoms with van der Waals surface area (Å²) >= 11 is 0. The van der Waals surface area contributed by atoms with Gasteiger partial charge in [0.05, 0.1) is 0 Å². The molecule has 2 nitrogen and oxygen atoms in total. The molecular weight excluding hydrogens is 441 g/mol. The second kappa shape index (κ2) is 9.50. The monoisotopic (exact) mass is 458 g/mol. The summed E-state index contributed by atoms with van der Waals surface area (Å²) in [7, 11) is 0. The Bertz CT molecular complexity index is 1080. The summed E-state index contributed by atoms with van der Waals surface area (Å²) in [6.07, 6.45) is -2.67. The predicted octanol–water partition coefficient (Wildman–Crippen LogP) is 7.04. The molecule has 170 valence electrons. The number of hydrogen-bond acceptors (Lipinski definition) is 2. The van der Waals surface area contributed by atoms with Gasteiger partial charge in [0.15, 0.2) is 29.0 Å². The summed E-state index contributed by atoms with van der Waals surface area (Å²) in [5.41, 5.74) is 0.222. The van der Waals surface area contributed by atoms with E-state index in [1.54, 1.807) is 12.1 Å². The third-order valence-electron chi connectivity index (χ3n) is 4.52. The zero-order valence-corrected chi connectivity index (χ0v) is 16.7. The summed E-state index contributed by atoms with van der Waals surface area (Å²) in [5, 5.41) is 0. The van der Waals surface area contributed by atoms with Gasteiger partial charge in [0.25, 0.3) is 0 Å². The topological polar surface area (TPSA) is 18.5 Å². The molecule has 0 radical (unpaired) electrons. The third kappa shape index (κ3) is 5.15. The summed E-state index contributed by atoms with van der Waals surface area (Å²) in [4.78, 5) is 0. The van der Waals surface area contributed by atoms with Crippen LogP contribution in [0.3, 0.4) is 0 Å². The van der Waals surface area contributed by atoms with E-state index < -0.39 is 52.3 Å². The van der Waals surface area contributed by atoms with Gasteiger partial charge in [0, 0.05) is 12.1 Å². The summed E-state index contributed by atoms with van der Waals surface area (Å²) in [6, 6.07) is 8.83. The van der Waals surface area contributed by atoms with Gasteiger partial charge in [-0.15, -0.1) is 0 Å². The van der Waals surface area contributed by atoms with Gasteiger partial charge in [0.1, 0.15) is 17.9 Å². The van der Waals surface area contributed by atoms with Gasteiger partial charge in [-0.25, -0.2) is 17.6 Å². The molecule has 0 aliphatic heterocycles. The molecule has 0 aliphatic rings. The average molecular weight is 458 g/mol. The molecule has 0 unspecified atom stereocenters. The Balaban J connectivity index is 1.77. The van der Waals surface area contributed by atoms with Crippen molar-refractivity contribution in [2.45, 2.75) is 32.5 Å². The lowest BCUT2D eigenvalue weighted by Crippen LogP contribution is -2.24. The smallest absolute Gasteiger partial charge is 0.429 e. The van der Waals surface area contributed by atoms with Crippen molar-refractivity contribution in [1.82, 2.24) is 0 Å². The van der Waals surface area contributed by atoms with Crippen molar-refractivity contribution in [1.29, 1.82) is 0 Å². The molecule has 3 aromatic carbocycles. The highest BCUT2D eigenvalue weighted by Gasteiger charge is 2.40. The highest BCUT2D eigenvalue weighted by molar-refractivity contribution is 5.34. The van der Waals surface area contributed by atoms with Gasteiger partial charge in [-0.2, -0.15) is 13.2 Å². The number of benzene rings is 3. The van der Waals surface area contributed by atoms with E-state index in [1.807, 2.05) is 19.1 Å². The van der Waals surface area contributed by atoms with Crippen molar-refractivity contribution in [2.24, 2.45) is 0 Å². The maximum atomic E-state index is 14.3. The lowest BCUT2D eigenvalue weighted by molar-refractivity contribution is -0.188. The fourth-order valence-corrected chi connectivity index (χ4v) is 2.91. The van der Waals surface area contributed by atoms with E-state index in [9.17, 15) is 30.7 Å². The highest BCUT2D eigenvalue weighted by atomic mass is 19.3. The van der Waals surface area contributed by atoms with Gasteiger partial charge in [-0.05, 0) is 29.7 Å². The Morgan fingerprint density at radius 3 is 1.94 bits per heavy atom. The van der Waals surface area contributed by atoms with Crippen molar-refractivity contribution in [3.63, 3.8) is 0 Å². The van der Waals surface area contributed by atoms with Crippen molar-refractivity contribution in [3.05, 3.63) is 94.3 Å². The van der Waals surface area contributed by atoms with E-state index >= 15 is 0 Å². The second-order valence-electron chi connectivity index (χ2n) is 6.91. The van der Waals surface area contributed by atoms with Gasteiger partial charge in [-0.3, -0.25) is 0 Å². The minimum atomic E-state index is -4.52. The van der Waals surface area contributed by atoms with Crippen LogP contribution in [0.15, 0.2) is 48.5 Å². The fraction of sp³-hybridized carbons (Fsp3) is 0.217. The van der Waals surface area contributed by atoms with Crippen molar-refractivity contribution in [3.8, 4) is 11.5 Å². The van der Waals surface area contributed by atoms with Crippen LogP contribution in [0.2, 0.25) is 0 Å². The first-order chi connectivity index (χ1) is 15.1. The first kappa shape index (κ1) is 23.4. The average Bonchev–Trinajstić information content (AvgIpc) is 2.74. The molecular formula is C23H17F7O2. The molecule has 0 spiro atoms. The Morgan fingerprint density at radius 2 is 1.34 bits per heavy atom. The number of rotatable bonds is 8. The van der Waals surface area contributed by atoms with Crippen LogP contribution in [-0.2, 0) is 19.1 Å². The van der Waals surface area contributed by atoms with Crippen LogP contribution in [0.25, 0.3) is 0 Å². The van der Waals surface area contributed by atoms with E-state index in [0.717, 1.165) is 24.5 Å². The Labute approximate surface area is 179 Å². The lowest BCUT2D eigenvalue weighted by atomic mass is 10.1. The molecule has 0 atom stereocenters. The fourth-order valence-electron chi connectivity index (χ4n) is 2.91. The maximum Gasteiger partial charge on any atom is 0.429 e. The molecule has 0 saturated carbocycles. The molecule has 0 heterocycles. The van der Waals surface area contributed by atoms with Crippen LogP contribution in [0.4, 0.5) is 30.7 Å². The van der Waals surface area contributed by atoms with Crippen molar-refractivity contribution < 1.29 is 40.2 Å². The van der Waals surface area contributed by atoms with Gasteiger partial charge < -0.3 is 9.47 Å². The number of ether oxygens (including phenoxy) is 2. The summed E-state index contributed by atoms with van der Waals surface area (Å²) in [5.74, 6) is -10.8. The first-order valence-electron chi connectivity index (χ1n) is 9.52. The van der Waals surface area contributed by atoms with Crippen LogP contribution in [0.5, 0.6) is 11.5 Å². The number of halogens is 7. The highest BCUT2D eigenvalue weighted by Crippen LogP contribution is 2.37. The molecule has 9 heteroatoms. The van der Waals surface area contributed by atoms with E-state index in [0.29, 0.717) is 11.6 Å². The third-order valence-corrected chi connectivity index (χ3v) is 4.52. The SMILES string of the molecule is CCCc1ccc(COc2ccc(C(F)(F)Oc3cc(F)c(F)c(F)c3)c(F)c2F)cc1. The molecule has 0 saturated heterocycles. The van der Waals surface area contributed by atoms with Crippen LogP contribution >= 0.6 is 0 Å². The largest absolute Gasteiger partial charge is 0.486 e. The first-order valence-corrected chi connectivity index (χ1v) is 9.52. The summed E-state index contributed by atoms with van der Waals surface area (Å²) < 4.78 is 106. The van der Waals surface area contributed by atoms with Crippen LogP contribution in [0, 0.1) is 29.1 Å². The standard InChI is InChI=1S/C23H17F7O2/c1-2-3-13-4-6-14(7-5-13)12-31-19-9-8-16(20(26)22(19)28)23(29,30)32-15-10-17(24)21(27)18(25)11-15/h4-11H,2-3,12H2,1H3. The number of hydrogen-bond donors (Lipinski definition) is 0. The predicted molar refractivity (Wildman–Crippen MR) is 102 cm³/mol. The van der Waals surface area contributed by atoms with Crippen LogP contribution in [-0.4, -0.2) is 0 Å². The minimum absolute atomic E-state index is 0.136. The quantitative estimate of drug-likeness (QED) is 0.266. The zero-order valence-electron chi connectivity index (χ0n) is 16.7. The van der Waals surface area contributed by atoms with Crippen molar-refractivity contribution >= 4 is 0 Å². The maximum absolute atomic E-state index is 14.3. The van der Waals surface area contributed by atoms with E-state index in [-0.39, 0.29) is 18.7 Å². The molecule has 0 fully saturated rings. The molecule has 0 aromatic heterocycles. The lowest BCUT2D eigenvalue weighted by Gasteiger charge is -2.20. The second-order valence-corrected chi connectivity index (χ2v) is 6.91. The zero-order chi connectivity index (χ0) is 23.5. The minimum Gasteiger partial charge on any atom is -0.486 e. The molecule has 0 N–H and O–H groups in total. The molecule has 32 heavy (non-hydrogen) atoms. The Morgan fingerprint density at radius 1 is 0.750 bits per heavy atom. The van der Waals surface area contributed by atoms with E-state index in [1.165, 1.54) is 0 Å². The van der Waals surface area contributed by atoms with E-state index in [4.69, 9.17) is 4.74 Å². The van der Waals surface area contributed by atoms with Gasteiger partial charge >= 0.3 is 6.11 Å². The van der Waals surface area contributed by atoms with Crippen LogP contribution < -0.4 is 9.47 Å².